The molecule has 0 aromatic heterocycles. The molecule has 3 rings (SSSR count). The maximum atomic E-state index is 12.5. The lowest BCUT2D eigenvalue weighted by Crippen LogP contribution is -2.43. The molecular weight excluding hydrogens is 352 g/mol. The van der Waals surface area contributed by atoms with Crippen LogP contribution in [0.3, 0.4) is 0 Å². The summed E-state index contributed by atoms with van der Waals surface area (Å²) in [5.74, 6) is 0.339. The van der Waals surface area contributed by atoms with Crippen molar-refractivity contribution in [2.75, 3.05) is 13.8 Å². The first kappa shape index (κ1) is 19.0. The van der Waals surface area contributed by atoms with Crippen molar-refractivity contribution in [1.82, 2.24) is 10.2 Å². The van der Waals surface area contributed by atoms with Gasteiger partial charge in [0.05, 0.1) is 0 Å². The van der Waals surface area contributed by atoms with Gasteiger partial charge in [-0.2, -0.15) is 0 Å². The minimum atomic E-state index is -0.901. The normalized spacial score (nSPS) is 20.4. The van der Waals surface area contributed by atoms with E-state index in [0.717, 1.165) is 5.56 Å². The van der Waals surface area contributed by atoms with E-state index in [-0.39, 0.29) is 31.4 Å². The van der Waals surface area contributed by atoms with Crippen molar-refractivity contribution in [1.29, 1.82) is 0 Å². The number of hydrogen-bond donors (Lipinski definition) is 2. The van der Waals surface area contributed by atoms with Gasteiger partial charge in [0.2, 0.25) is 18.6 Å². The Balaban J connectivity index is 1.55. The first-order chi connectivity index (χ1) is 12.9. The van der Waals surface area contributed by atoms with Crippen LogP contribution in [0.15, 0.2) is 18.2 Å². The van der Waals surface area contributed by atoms with Crippen molar-refractivity contribution in [2.45, 2.75) is 50.6 Å². The smallest absolute Gasteiger partial charge is 0.303 e. The van der Waals surface area contributed by atoms with Crippen LogP contribution < -0.4 is 14.8 Å². The average molecular weight is 376 g/mol. The summed E-state index contributed by atoms with van der Waals surface area (Å²) in [4.78, 5) is 36.7. The Hall–Kier alpha value is -2.77. The van der Waals surface area contributed by atoms with E-state index in [4.69, 9.17) is 14.6 Å². The predicted molar refractivity (Wildman–Crippen MR) is 95.3 cm³/mol. The molecule has 1 aromatic carbocycles. The van der Waals surface area contributed by atoms with Crippen molar-refractivity contribution in [3.63, 3.8) is 0 Å². The van der Waals surface area contributed by atoms with Crippen LogP contribution in [0.1, 0.15) is 44.1 Å². The molecule has 2 heterocycles. The number of nitrogens with zero attached hydrogens (tertiary/aromatic N) is 1. The van der Waals surface area contributed by atoms with Gasteiger partial charge in [0.15, 0.2) is 11.5 Å². The number of rotatable bonds is 8. The summed E-state index contributed by atoms with van der Waals surface area (Å²) in [5.41, 5.74) is 0.343. The quantitative estimate of drug-likeness (QED) is 0.715. The van der Waals surface area contributed by atoms with E-state index in [1.807, 2.05) is 18.2 Å². The molecule has 2 aliphatic heterocycles. The predicted octanol–water partition coefficient (Wildman–Crippen LogP) is 1.67. The molecule has 0 spiro atoms. The van der Waals surface area contributed by atoms with Gasteiger partial charge in [-0.05, 0) is 37.0 Å². The van der Waals surface area contributed by atoms with Crippen molar-refractivity contribution in [2.24, 2.45) is 0 Å². The molecule has 2 aliphatic rings. The van der Waals surface area contributed by atoms with Crippen LogP contribution in [0.2, 0.25) is 0 Å². The zero-order chi connectivity index (χ0) is 19.4. The number of nitrogens with one attached hydrogen (secondary N) is 1. The first-order valence-electron chi connectivity index (χ1n) is 9.02. The van der Waals surface area contributed by atoms with Gasteiger partial charge in [-0.25, -0.2) is 0 Å². The Morgan fingerprint density at radius 3 is 2.67 bits per heavy atom. The molecule has 146 valence electrons. The zero-order valence-corrected chi connectivity index (χ0v) is 15.3. The zero-order valence-electron chi connectivity index (χ0n) is 15.3. The van der Waals surface area contributed by atoms with Gasteiger partial charge in [0.25, 0.3) is 0 Å². The molecule has 0 saturated carbocycles. The number of amides is 2. The van der Waals surface area contributed by atoms with Gasteiger partial charge in [0.1, 0.15) is 0 Å². The Morgan fingerprint density at radius 2 is 1.96 bits per heavy atom. The molecule has 27 heavy (non-hydrogen) atoms. The van der Waals surface area contributed by atoms with E-state index in [9.17, 15) is 14.4 Å². The summed E-state index contributed by atoms with van der Waals surface area (Å²) in [5, 5.41) is 11.8. The molecule has 1 atom stereocenters. The third-order valence-electron chi connectivity index (χ3n) is 5.15. The number of carboxylic acid groups (broad SMARTS) is 1. The topological polar surface area (TPSA) is 105 Å². The number of benzene rings is 1. The lowest BCUT2D eigenvalue weighted by Gasteiger charge is -2.29. The molecule has 2 N–H and O–H groups in total. The van der Waals surface area contributed by atoms with Gasteiger partial charge >= 0.3 is 5.97 Å². The number of aliphatic carboxylic acids is 1. The molecule has 1 saturated heterocycles. The Morgan fingerprint density at radius 1 is 1.22 bits per heavy atom. The summed E-state index contributed by atoms with van der Waals surface area (Å²) < 4.78 is 10.6. The lowest BCUT2D eigenvalue weighted by molar-refractivity contribution is -0.137. The van der Waals surface area contributed by atoms with E-state index >= 15 is 0 Å². The highest BCUT2D eigenvalue weighted by molar-refractivity contribution is 5.80. The third-order valence-corrected chi connectivity index (χ3v) is 5.15. The van der Waals surface area contributed by atoms with E-state index in [0.29, 0.717) is 43.7 Å². The fraction of sp³-hybridized carbons (Fsp3) is 0.526. The number of hydrogen-bond acceptors (Lipinski definition) is 5. The molecule has 0 radical (unpaired) electrons. The summed E-state index contributed by atoms with van der Waals surface area (Å²) in [6.07, 6.45) is 1.95. The summed E-state index contributed by atoms with van der Waals surface area (Å²) in [6.45, 7) is 0.641. The second kappa shape index (κ2) is 7.85. The van der Waals surface area contributed by atoms with Crippen LogP contribution in [0, 0.1) is 0 Å². The Kier molecular flexibility index (Phi) is 5.53. The van der Waals surface area contributed by atoms with Gasteiger partial charge in [-0.1, -0.05) is 6.07 Å². The standard InChI is InChI=1S/C19H24N2O6/c1-21(11-13-2-3-14-15(10-13)27-12-26-14)17(23)5-8-19(9-6-18(24)25)7-4-16(22)20-19/h2-3,10H,4-9,11-12H2,1H3,(H,20,22)(H,24,25)/t19-/m1/s1. The van der Waals surface area contributed by atoms with Gasteiger partial charge in [-0.3, -0.25) is 14.4 Å². The molecule has 8 nitrogen and oxygen atoms in total. The van der Waals surface area contributed by atoms with E-state index in [1.54, 1.807) is 11.9 Å². The van der Waals surface area contributed by atoms with Crippen molar-refractivity contribution < 1.29 is 29.0 Å². The minimum absolute atomic E-state index is 0.0263. The monoisotopic (exact) mass is 376 g/mol. The molecule has 8 heteroatoms. The third kappa shape index (κ3) is 4.69. The number of carbonyl (C=O) groups excluding carboxylic acids is 2. The second-order valence-corrected chi connectivity index (χ2v) is 7.16. The highest BCUT2D eigenvalue weighted by atomic mass is 16.7. The molecule has 0 aliphatic carbocycles. The van der Waals surface area contributed by atoms with E-state index in [2.05, 4.69) is 5.32 Å². The minimum Gasteiger partial charge on any atom is -0.481 e. The SMILES string of the molecule is CN(Cc1ccc2c(c1)OCO2)C(=O)CC[C@@]1(CCC(=O)O)CCC(=O)N1. The van der Waals surface area contributed by atoms with E-state index < -0.39 is 11.5 Å². The van der Waals surface area contributed by atoms with Gasteiger partial charge in [0, 0.05) is 38.4 Å². The average Bonchev–Trinajstić information content (AvgIpc) is 3.24. The van der Waals surface area contributed by atoms with Crippen LogP contribution in [0.4, 0.5) is 0 Å². The molecule has 0 unspecified atom stereocenters. The van der Waals surface area contributed by atoms with Gasteiger partial charge in [-0.15, -0.1) is 0 Å². The van der Waals surface area contributed by atoms with Crippen molar-refractivity contribution in [3.8, 4) is 11.5 Å². The first-order valence-corrected chi connectivity index (χ1v) is 9.02. The molecule has 1 aromatic rings. The summed E-state index contributed by atoms with van der Waals surface area (Å²) >= 11 is 0. The number of fused-ring (bicyclic) bond motifs is 1. The number of carbonyl (C=O) groups is 3. The van der Waals surface area contributed by atoms with Crippen LogP contribution in [-0.4, -0.2) is 47.2 Å². The van der Waals surface area contributed by atoms with Crippen LogP contribution in [-0.2, 0) is 20.9 Å². The van der Waals surface area contributed by atoms with Gasteiger partial charge < -0.3 is 24.8 Å². The van der Waals surface area contributed by atoms with Crippen LogP contribution in [0.5, 0.6) is 11.5 Å². The summed E-state index contributed by atoms with van der Waals surface area (Å²) in [6, 6.07) is 5.57. The highest BCUT2D eigenvalue weighted by Crippen LogP contribution is 2.33. The summed E-state index contributed by atoms with van der Waals surface area (Å²) in [7, 11) is 1.73. The van der Waals surface area contributed by atoms with Crippen molar-refractivity contribution in [3.05, 3.63) is 23.8 Å². The van der Waals surface area contributed by atoms with Crippen molar-refractivity contribution >= 4 is 17.8 Å². The largest absolute Gasteiger partial charge is 0.481 e. The fourth-order valence-electron chi connectivity index (χ4n) is 3.56. The second-order valence-electron chi connectivity index (χ2n) is 7.16. The molecule has 1 fully saturated rings. The Labute approximate surface area is 157 Å². The maximum Gasteiger partial charge on any atom is 0.303 e. The fourth-order valence-corrected chi connectivity index (χ4v) is 3.56. The maximum absolute atomic E-state index is 12.5. The van der Waals surface area contributed by atoms with Crippen LogP contribution in [0.25, 0.3) is 0 Å². The molecular formula is C19H24N2O6. The highest BCUT2D eigenvalue weighted by Gasteiger charge is 2.38. The Bertz CT molecular complexity index is 750. The lowest BCUT2D eigenvalue weighted by atomic mass is 9.86. The molecule has 0 bridgehead atoms. The van der Waals surface area contributed by atoms with Crippen LogP contribution >= 0.6 is 0 Å². The number of ether oxygens (including phenoxy) is 2. The number of carboxylic acids is 1. The van der Waals surface area contributed by atoms with E-state index in [1.165, 1.54) is 0 Å². The molecule has 2 amide bonds.